The molecule has 0 radical (unpaired) electrons. The first-order valence-electron chi connectivity index (χ1n) is 9.25. The number of amides is 2. The third-order valence-electron chi connectivity index (χ3n) is 4.89. The van der Waals surface area contributed by atoms with Crippen molar-refractivity contribution >= 4 is 34.9 Å². The van der Waals surface area contributed by atoms with Crippen LogP contribution in [0.5, 0.6) is 0 Å². The van der Waals surface area contributed by atoms with Gasteiger partial charge >= 0.3 is 0 Å². The van der Waals surface area contributed by atoms with Gasteiger partial charge in [0.05, 0.1) is 10.8 Å². The summed E-state index contributed by atoms with van der Waals surface area (Å²) in [7, 11) is 0. The van der Waals surface area contributed by atoms with Crippen LogP contribution in [-0.2, 0) is 17.6 Å². The van der Waals surface area contributed by atoms with Crippen molar-refractivity contribution in [2.45, 2.75) is 45.2 Å². The molecule has 0 unspecified atom stereocenters. The second-order valence-corrected chi connectivity index (χ2v) is 10.2. The number of benzene rings is 1. The molecule has 2 aromatic rings. The summed E-state index contributed by atoms with van der Waals surface area (Å²) in [6, 6.07) is 10.1. The first-order valence-corrected chi connectivity index (χ1v) is 11.2. The molecule has 1 aromatic heterocycles. The molecule has 6 heteroatoms. The number of nitrogens with one attached hydrogen (secondary N) is 1. The Morgan fingerprint density at radius 2 is 1.89 bits per heavy atom. The summed E-state index contributed by atoms with van der Waals surface area (Å²) in [6.45, 7) is 5.89. The highest BCUT2D eigenvalue weighted by Gasteiger charge is 2.37. The fourth-order valence-electron chi connectivity index (χ4n) is 3.63. The summed E-state index contributed by atoms with van der Waals surface area (Å²) in [5.74, 6) is 1.14. The second kappa shape index (κ2) is 6.99. The van der Waals surface area contributed by atoms with Gasteiger partial charge < -0.3 is 10.2 Å². The van der Waals surface area contributed by atoms with Crippen molar-refractivity contribution in [3.8, 4) is 10.4 Å². The molecular formula is C21H24N2O2S2. The van der Waals surface area contributed by atoms with Crippen LogP contribution in [-0.4, -0.2) is 39.9 Å². The van der Waals surface area contributed by atoms with Gasteiger partial charge in [0.2, 0.25) is 5.91 Å². The summed E-state index contributed by atoms with van der Waals surface area (Å²) in [6.07, 6.45) is 1.99. The topological polar surface area (TPSA) is 49.4 Å². The quantitative estimate of drug-likeness (QED) is 0.831. The summed E-state index contributed by atoms with van der Waals surface area (Å²) < 4.78 is 0. The predicted molar refractivity (Wildman–Crippen MR) is 112 cm³/mol. The minimum absolute atomic E-state index is 0.0223. The highest BCUT2D eigenvalue weighted by Crippen LogP contribution is 2.40. The van der Waals surface area contributed by atoms with Crippen LogP contribution in [0, 0.1) is 0 Å². The van der Waals surface area contributed by atoms with Crippen LogP contribution in [0.25, 0.3) is 10.4 Å². The van der Waals surface area contributed by atoms with Gasteiger partial charge in [0, 0.05) is 16.2 Å². The molecule has 1 aliphatic heterocycles. The summed E-state index contributed by atoms with van der Waals surface area (Å²) >= 11 is 3.21. The zero-order valence-electron chi connectivity index (χ0n) is 15.9. The van der Waals surface area contributed by atoms with E-state index in [9.17, 15) is 9.59 Å². The Bertz CT molecular complexity index is 898. The van der Waals surface area contributed by atoms with E-state index in [0.717, 1.165) is 17.7 Å². The van der Waals surface area contributed by atoms with Gasteiger partial charge in [-0.3, -0.25) is 9.59 Å². The highest BCUT2D eigenvalue weighted by atomic mass is 32.2. The first kappa shape index (κ1) is 18.6. The smallest absolute Gasteiger partial charge is 0.265 e. The molecule has 0 bridgehead atoms. The average molecular weight is 401 g/mol. The van der Waals surface area contributed by atoms with Gasteiger partial charge in [-0.05, 0) is 56.4 Å². The van der Waals surface area contributed by atoms with Crippen molar-refractivity contribution in [1.82, 2.24) is 10.2 Å². The lowest BCUT2D eigenvalue weighted by atomic mass is 9.91. The molecule has 2 heterocycles. The van der Waals surface area contributed by atoms with Crippen molar-refractivity contribution < 1.29 is 9.59 Å². The van der Waals surface area contributed by atoms with E-state index in [0.29, 0.717) is 11.6 Å². The number of hydrogen-bond acceptors (Lipinski definition) is 4. The fraction of sp³-hybridized carbons (Fsp3) is 0.429. The Morgan fingerprint density at radius 1 is 1.15 bits per heavy atom. The molecule has 27 heavy (non-hydrogen) atoms. The molecule has 1 saturated heterocycles. The van der Waals surface area contributed by atoms with E-state index in [4.69, 9.17) is 0 Å². The Labute approximate surface area is 168 Å². The largest absolute Gasteiger partial charge is 0.350 e. The van der Waals surface area contributed by atoms with E-state index in [-0.39, 0.29) is 17.4 Å². The summed E-state index contributed by atoms with van der Waals surface area (Å²) in [5.41, 5.74) is 3.56. The maximum Gasteiger partial charge on any atom is 0.265 e. The lowest BCUT2D eigenvalue weighted by molar-refractivity contribution is -0.125. The number of rotatable bonds is 2. The number of fused-ring (bicyclic) bond motifs is 3. The van der Waals surface area contributed by atoms with Crippen LogP contribution in [0.2, 0.25) is 0 Å². The zero-order valence-corrected chi connectivity index (χ0v) is 17.5. The third-order valence-corrected chi connectivity index (χ3v) is 7.10. The number of carbonyl (C=O) groups excluding carboxylic acids is 2. The van der Waals surface area contributed by atoms with E-state index >= 15 is 0 Å². The fourth-order valence-corrected chi connectivity index (χ4v) is 6.01. The maximum absolute atomic E-state index is 13.2. The minimum Gasteiger partial charge on any atom is -0.350 e. The average Bonchev–Trinajstić information content (AvgIpc) is 3.26. The molecule has 2 aliphatic rings. The van der Waals surface area contributed by atoms with E-state index in [1.54, 1.807) is 28.0 Å². The van der Waals surface area contributed by atoms with Crippen molar-refractivity contribution in [3.63, 3.8) is 0 Å². The van der Waals surface area contributed by atoms with Crippen LogP contribution in [0.1, 0.15) is 41.6 Å². The predicted octanol–water partition coefficient (Wildman–Crippen LogP) is 3.94. The van der Waals surface area contributed by atoms with Gasteiger partial charge in [-0.1, -0.05) is 24.3 Å². The van der Waals surface area contributed by atoms with Crippen LogP contribution in [0.3, 0.4) is 0 Å². The third kappa shape index (κ3) is 3.65. The molecule has 4 rings (SSSR count). The van der Waals surface area contributed by atoms with Gasteiger partial charge in [0.1, 0.15) is 6.04 Å². The number of nitrogens with zero attached hydrogens (tertiary/aromatic N) is 1. The minimum atomic E-state index is -0.395. The maximum atomic E-state index is 13.2. The normalized spacial score (nSPS) is 18.8. The van der Waals surface area contributed by atoms with E-state index in [2.05, 4.69) is 29.6 Å². The van der Waals surface area contributed by atoms with Gasteiger partial charge in [-0.25, -0.2) is 0 Å². The van der Waals surface area contributed by atoms with Crippen LogP contribution in [0.15, 0.2) is 30.3 Å². The monoisotopic (exact) mass is 400 g/mol. The van der Waals surface area contributed by atoms with Crippen molar-refractivity contribution in [2.24, 2.45) is 0 Å². The Balaban J connectivity index is 1.59. The van der Waals surface area contributed by atoms with Crippen molar-refractivity contribution in [3.05, 3.63) is 46.3 Å². The summed E-state index contributed by atoms with van der Waals surface area (Å²) in [5, 5.41) is 3.02. The molecule has 1 aromatic carbocycles. The second-order valence-electron chi connectivity index (χ2n) is 8.15. The molecule has 1 fully saturated rings. The van der Waals surface area contributed by atoms with Crippen LogP contribution >= 0.6 is 23.1 Å². The lowest BCUT2D eigenvalue weighted by Crippen LogP contribution is -2.52. The molecule has 2 amide bonds. The van der Waals surface area contributed by atoms with Crippen LogP contribution < -0.4 is 5.32 Å². The zero-order chi connectivity index (χ0) is 19.2. The van der Waals surface area contributed by atoms with Crippen molar-refractivity contribution in [1.29, 1.82) is 0 Å². The highest BCUT2D eigenvalue weighted by molar-refractivity contribution is 7.99. The Hall–Kier alpha value is -1.79. The van der Waals surface area contributed by atoms with Crippen molar-refractivity contribution in [2.75, 3.05) is 11.6 Å². The van der Waals surface area contributed by atoms with Gasteiger partial charge in [0.25, 0.3) is 5.91 Å². The van der Waals surface area contributed by atoms with E-state index < -0.39 is 6.04 Å². The molecule has 0 spiro atoms. The Kier molecular flexibility index (Phi) is 4.80. The number of hydrogen-bond donors (Lipinski definition) is 1. The number of carbonyl (C=O) groups is 2. The lowest BCUT2D eigenvalue weighted by Gasteiger charge is -2.27. The SMILES string of the molecule is CC(C)(C)NC(=O)[C@H]1CSCN1C(=O)c1cc2c(s1)-c1ccccc1CC2. The molecule has 1 N–H and O–H groups in total. The molecule has 0 saturated carbocycles. The van der Waals surface area contributed by atoms with Crippen LogP contribution in [0.4, 0.5) is 0 Å². The van der Waals surface area contributed by atoms with E-state index in [1.165, 1.54) is 21.6 Å². The standard InChI is InChI=1S/C21H24N2O2S2/c1-21(2,3)22-19(24)16-11-26-12-23(16)20(25)17-10-14-9-8-13-6-4-5-7-15(13)18(14)27-17/h4-7,10,16H,8-9,11-12H2,1-3H3,(H,22,24)/t16-/m1/s1. The van der Waals surface area contributed by atoms with E-state index in [1.807, 2.05) is 26.8 Å². The van der Waals surface area contributed by atoms with Gasteiger partial charge in [0.15, 0.2) is 0 Å². The molecule has 4 nitrogen and oxygen atoms in total. The number of aryl methyl sites for hydroxylation is 2. The summed E-state index contributed by atoms with van der Waals surface area (Å²) in [4.78, 5) is 29.5. The molecule has 1 atom stereocenters. The van der Waals surface area contributed by atoms with Gasteiger partial charge in [-0.2, -0.15) is 0 Å². The van der Waals surface area contributed by atoms with Gasteiger partial charge in [-0.15, -0.1) is 23.1 Å². The first-order chi connectivity index (χ1) is 12.8. The molecule has 142 valence electrons. The Morgan fingerprint density at radius 3 is 2.67 bits per heavy atom. The molecular weight excluding hydrogens is 376 g/mol. The number of thiophene rings is 1. The number of thioether (sulfide) groups is 1. The molecule has 1 aliphatic carbocycles.